The van der Waals surface area contributed by atoms with E-state index in [9.17, 15) is 13.2 Å². The Balaban J connectivity index is 1.93. The van der Waals surface area contributed by atoms with Gasteiger partial charge in [-0.2, -0.15) is 33.1 Å². The van der Waals surface area contributed by atoms with Gasteiger partial charge in [0.2, 0.25) is 0 Å². The molecule has 0 spiro atoms. The number of benzene rings is 1. The summed E-state index contributed by atoms with van der Waals surface area (Å²) in [5.74, 6) is 0. The predicted octanol–water partition coefficient (Wildman–Crippen LogP) is 3.49. The molecule has 5 nitrogen and oxygen atoms in total. The van der Waals surface area contributed by atoms with E-state index in [0.29, 0.717) is 21.8 Å². The first-order valence-corrected chi connectivity index (χ1v) is 6.72. The Labute approximate surface area is 126 Å². The first-order valence-electron chi connectivity index (χ1n) is 5.94. The maximum atomic E-state index is 12.5. The summed E-state index contributed by atoms with van der Waals surface area (Å²) in [7, 11) is 0. The molecular weight excluding hydrogens is 315 g/mol. The standard InChI is InChI=1S/C13H6F3N5S/c14-13(15,16)8-3-1-7(2-4-8)9-5-11(22-20-9)12-10(6-17)18-21-19-12/h1-5H,(H,18,19,21). The molecular formula is C13H6F3N5S. The van der Waals surface area contributed by atoms with Crippen molar-refractivity contribution >= 4 is 11.5 Å². The fourth-order valence-corrected chi connectivity index (χ4v) is 2.58. The number of aromatic amines is 1. The van der Waals surface area contributed by atoms with E-state index in [1.165, 1.54) is 12.1 Å². The zero-order chi connectivity index (χ0) is 15.7. The lowest BCUT2D eigenvalue weighted by Crippen LogP contribution is -2.03. The van der Waals surface area contributed by atoms with E-state index in [1.54, 1.807) is 6.07 Å². The average Bonchev–Trinajstić information content (AvgIpc) is 3.15. The zero-order valence-electron chi connectivity index (χ0n) is 10.7. The monoisotopic (exact) mass is 321 g/mol. The van der Waals surface area contributed by atoms with Crippen LogP contribution >= 0.6 is 11.5 Å². The van der Waals surface area contributed by atoms with Gasteiger partial charge in [0, 0.05) is 5.56 Å². The second-order valence-electron chi connectivity index (χ2n) is 4.28. The summed E-state index contributed by atoms with van der Waals surface area (Å²) in [6.45, 7) is 0. The van der Waals surface area contributed by atoms with Crippen LogP contribution in [0, 0.1) is 11.3 Å². The van der Waals surface area contributed by atoms with Crippen LogP contribution in [0.2, 0.25) is 0 Å². The van der Waals surface area contributed by atoms with Crippen LogP contribution in [0.4, 0.5) is 13.2 Å². The van der Waals surface area contributed by atoms with E-state index in [2.05, 4.69) is 19.8 Å². The van der Waals surface area contributed by atoms with Gasteiger partial charge in [-0.25, -0.2) is 0 Å². The molecule has 1 aromatic carbocycles. The van der Waals surface area contributed by atoms with Gasteiger partial charge in [0.05, 0.1) is 16.1 Å². The lowest BCUT2D eigenvalue weighted by Gasteiger charge is -2.06. The van der Waals surface area contributed by atoms with Gasteiger partial charge in [0.15, 0.2) is 5.69 Å². The van der Waals surface area contributed by atoms with Crippen molar-refractivity contribution in [2.45, 2.75) is 6.18 Å². The summed E-state index contributed by atoms with van der Waals surface area (Å²) >= 11 is 1.10. The van der Waals surface area contributed by atoms with E-state index in [1.807, 2.05) is 6.07 Å². The molecule has 3 rings (SSSR count). The van der Waals surface area contributed by atoms with Crippen molar-refractivity contribution in [3.05, 3.63) is 41.6 Å². The molecule has 0 unspecified atom stereocenters. The zero-order valence-corrected chi connectivity index (χ0v) is 11.5. The van der Waals surface area contributed by atoms with E-state index in [-0.39, 0.29) is 5.69 Å². The molecule has 0 radical (unpaired) electrons. The number of hydrogen-bond acceptors (Lipinski definition) is 5. The SMILES string of the molecule is N#Cc1n[nH]nc1-c1cc(-c2ccc(C(F)(F)F)cc2)ns1. The molecule has 0 saturated heterocycles. The Kier molecular flexibility index (Phi) is 3.38. The fraction of sp³-hybridized carbons (Fsp3) is 0.0769. The third-order valence-electron chi connectivity index (χ3n) is 2.91. The smallest absolute Gasteiger partial charge is 0.196 e. The number of rotatable bonds is 2. The van der Waals surface area contributed by atoms with Gasteiger partial charge in [-0.1, -0.05) is 12.1 Å². The molecule has 0 amide bonds. The lowest BCUT2D eigenvalue weighted by atomic mass is 10.1. The van der Waals surface area contributed by atoms with Crippen LogP contribution in [0.5, 0.6) is 0 Å². The maximum absolute atomic E-state index is 12.5. The van der Waals surface area contributed by atoms with Crippen LogP contribution in [-0.4, -0.2) is 19.8 Å². The van der Waals surface area contributed by atoms with Gasteiger partial charge in [0.1, 0.15) is 11.8 Å². The van der Waals surface area contributed by atoms with Crippen LogP contribution in [0.15, 0.2) is 30.3 Å². The van der Waals surface area contributed by atoms with Gasteiger partial charge in [0.25, 0.3) is 0 Å². The van der Waals surface area contributed by atoms with Gasteiger partial charge < -0.3 is 0 Å². The van der Waals surface area contributed by atoms with Gasteiger partial charge in [-0.05, 0) is 29.7 Å². The van der Waals surface area contributed by atoms with Crippen LogP contribution in [0.25, 0.3) is 21.8 Å². The van der Waals surface area contributed by atoms with E-state index < -0.39 is 11.7 Å². The Morgan fingerprint density at radius 2 is 1.86 bits per heavy atom. The van der Waals surface area contributed by atoms with Crippen molar-refractivity contribution in [2.24, 2.45) is 0 Å². The second kappa shape index (κ2) is 5.23. The van der Waals surface area contributed by atoms with E-state index in [4.69, 9.17) is 5.26 Å². The number of H-pyrrole nitrogens is 1. The topological polar surface area (TPSA) is 78.2 Å². The molecule has 0 bridgehead atoms. The minimum Gasteiger partial charge on any atom is -0.196 e. The highest BCUT2D eigenvalue weighted by molar-refractivity contribution is 7.09. The Hall–Kier alpha value is -2.73. The normalized spacial score (nSPS) is 11.4. The summed E-state index contributed by atoms with van der Waals surface area (Å²) in [6.07, 6.45) is -4.37. The highest BCUT2D eigenvalue weighted by Crippen LogP contribution is 2.33. The molecule has 0 aliphatic rings. The Morgan fingerprint density at radius 1 is 1.14 bits per heavy atom. The molecule has 110 valence electrons. The largest absolute Gasteiger partial charge is 0.416 e. The van der Waals surface area contributed by atoms with Crippen molar-refractivity contribution in [2.75, 3.05) is 0 Å². The summed E-state index contributed by atoms with van der Waals surface area (Å²) < 4.78 is 41.8. The van der Waals surface area contributed by atoms with Crippen LogP contribution in [0.1, 0.15) is 11.3 Å². The molecule has 22 heavy (non-hydrogen) atoms. The van der Waals surface area contributed by atoms with E-state index >= 15 is 0 Å². The number of nitrogens with one attached hydrogen (secondary N) is 1. The van der Waals surface area contributed by atoms with Crippen LogP contribution in [-0.2, 0) is 6.18 Å². The molecule has 1 N–H and O–H groups in total. The highest BCUT2D eigenvalue weighted by Gasteiger charge is 2.30. The maximum Gasteiger partial charge on any atom is 0.416 e. The van der Waals surface area contributed by atoms with Crippen LogP contribution < -0.4 is 0 Å². The minimum atomic E-state index is -4.37. The number of nitriles is 1. The second-order valence-corrected chi connectivity index (χ2v) is 5.09. The molecule has 0 atom stereocenters. The van der Waals surface area contributed by atoms with Crippen LogP contribution in [0.3, 0.4) is 0 Å². The van der Waals surface area contributed by atoms with Gasteiger partial charge in [-0.15, -0.1) is 5.10 Å². The average molecular weight is 321 g/mol. The third-order valence-corrected chi connectivity index (χ3v) is 3.70. The predicted molar refractivity (Wildman–Crippen MR) is 72.6 cm³/mol. The fourth-order valence-electron chi connectivity index (χ4n) is 1.83. The number of nitrogens with zero attached hydrogens (tertiary/aromatic N) is 4. The summed E-state index contributed by atoms with van der Waals surface area (Å²) in [4.78, 5) is 0.611. The molecule has 2 heterocycles. The molecule has 3 aromatic rings. The lowest BCUT2D eigenvalue weighted by molar-refractivity contribution is -0.137. The first-order chi connectivity index (χ1) is 10.5. The molecule has 0 fully saturated rings. The molecule has 0 aliphatic heterocycles. The van der Waals surface area contributed by atoms with Gasteiger partial charge >= 0.3 is 6.18 Å². The number of alkyl halides is 3. The summed E-state index contributed by atoms with van der Waals surface area (Å²) in [5.41, 5.74) is 0.869. The van der Waals surface area contributed by atoms with Crippen molar-refractivity contribution in [1.29, 1.82) is 5.26 Å². The highest BCUT2D eigenvalue weighted by atomic mass is 32.1. The third kappa shape index (κ3) is 2.56. The Bertz CT molecular complexity index is 842. The summed E-state index contributed by atoms with van der Waals surface area (Å²) in [6, 6.07) is 8.28. The molecule has 0 saturated carbocycles. The van der Waals surface area contributed by atoms with Crippen molar-refractivity contribution in [1.82, 2.24) is 19.8 Å². The number of halogens is 3. The first kappa shape index (κ1) is 14.2. The van der Waals surface area contributed by atoms with Gasteiger partial charge in [-0.3, -0.25) is 0 Å². The molecule has 9 heteroatoms. The Morgan fingerprint density at radius 3 is 2.50 bits per heavy atom. The van der Waals surface area contributed by atoms with E-state index in [0.717, 1.165) is 23.7 Å². The number of aromatic nitrogens is 4. The summed E-state index contributed by atoms with van der Waals surface area (Å²) in [5, 5.41) is 18.8. The van der Waals surface area contributed by atoms with Crippen molar-refractivity contribution in [3.63, 3.8) is 0 Å². The van der Waals surface area contributed by atoms with Crippen molar-refractivity contribution in [3.8, 4) is 27.9 Å². The quantitative estimate of drug-likeness (QED) is 0.783. The molecule has 2 aromatic heterocycles. The minimum absolute atomic E-state index is 0.141. The van der Waals surface area contributed by atoms with Crippen molar-refractivity contribution < 1.29 is 13.2 Å². The number of hydrogen-bond donors (Lipinski definition) is 1. The molecule has 0 aliphatic carbocycles.